The van der Waals surface area contributed by atoms with E-state index < -0.39 is 0 Å². The zero-order chi connectivity index (χ0) is 12.7. The number of benzene rings is 2. The highest BCUT2D eigenvalue weighted by atomic mass is 35.5. The van der Waals surface area contributed by atoms with Crippen molar-refractivity contribution in [3.05, 3.63) is 66.5 Å². The molecule has 2 heterocycles. The van der Waals surface area contributed by atoms with E-state index in [-0.39, 0.29) is 12.4 Å². The Bertz CT molecular complexity index is 848. The number of aromatic nitrogens is 4. The lowest BCUT2D eigenvalue weighted by molar-refractivity contribution is 0.839. The standard InChI is InChI=1S/C15H12N4.ClH/c1-2-6-12(7-3-1)10-18-13-8-4-5-9-14(13)19-15(18)16-11-17-19;/h1-9,11H,10H2;1H. The Hall–Kier alpha value is -2.33. The van der Waals surface area contributed by atoms with Crippen molar-refractivity contribution in [2.45, 2.75) is 6.54 Å². The number of imidazole rings is 1. The Morgan fingerprint density at radius 2 is 1.55 bits per heavy atom. The highest BCUT2D eigenvalue weighted by molar-refractivity contribution is 5.85. The lowest BCUT2D eigenvalue weighted by Gasteiger charge is -2.04. The fraction of sp³-hybridized carbons (Fsp3) is 0.0667. The van der Waals surface area contributed by atoms with Crippen LogP contribution in [0.1, 0.15) is 5.56 Å². The molecular formula is C15H13ClN4. The second-order valence-corrected chi connectivity index (χ2v) is 4.53. The maximum atomic E-state index is 4.37. The Kier molecular flexibility index (Phi) is 3.16. The summed E-state index contributed by atoms with van der Waals surface area (Å²) in [6.45, 7) is 0.802. The van der Waals surface area contributed by atoms with Crippen molar-refractivity contribution in [3.8, 4) is 0 Å². The molecule has 0 aliphatic rings. The molecule has 4 rings (SSSR count). The molecule has 0 saturated carbocycles. The van der Waals surface area contributed by atoms with Crippen LogP contribution in [-0.2, 0) is 6.54 Å². The van der Waals surface area contributed by atoms with Crippen molar-refractivity contribution >= 4 is 29.2 Å². The molecule has 4 nitrogen and oxygen atoms in total. The largest absolute Gasteiger partial charge is 0.304 e. The molecular weight excluding hydrogens is 272 g/mol. The second-order valence-electron chi connectivity index (χ2n) is 4.53. The predicted octanol–water partition coefficient (Wildman–Crippen LogP) is 3.15. The van der Waals surface area contributed by atoms with E-state index in [2.05, 4.69) is 51.0 Å². The van der Waals surface area contributed by atoms with E-state index in [4.69, 9.17) is 0 Å². The first kappa shape index (κ1) is 12.7. The lowest BCUT2D eigenvalue weighted by Crippen LogP contribution is -2.00. The molecule has 0 spiro atoms. The molecule has 100 valence electrons. The molecule has 2 aromatic carbocycles. The van der Waals surface area contributed by atoms with E-state index in [9.17, 15) is 0 Å². The van der Waals surface area contributed by atoms with Gasteiger partial charge in [-0.05, 0) is 17.7 Å². The van der Waals surface area contributed by atoms with Crippen LogP contribution in [0, 0.1) is 0 Å². The molecule has 0 atom stereocenters. The molecule has 0 radical (unpaired) electrons. The van der Waals surface area contributed by atoms with Crippen molar-refractivity contribution in [3.63, 3.8) is 0 Å². The summed E-state index contributed by atoms with van der Waals surface area (Å²) < 4.78 is 4.08. The third kappa shape index (κ3) is 1.85. The first-order valence-electron chi connectivity index (χ1n) is 6.24. The molecule has 20 heavy (non-hydrogen) atoms. The molecule has 0 fully saturated rings. The van der Waals surface area contributed by atoms with Crippen LogP contribution in [0.2, 0.25) is 0 Å². The quantitative estimate of drug-likeness (QED) is 0.567. The minimum Gasteiger partial charge on any atom is -0.304 e. The van der Waals surface area contributed by atoms with Gasteiger partial charge in [0.1, 0.15) is 6.33 Å². The van der Waals surface area contributed by atoms with Crippen molar-refractivity contribution in [2.75, 3.05) is 0 Å². The lowest BCUT2D eigenvalue weighted by atomic mass is 10.2. The number of halogens is 1. The molecule has 0 aliphatic carbocycles. The average Bonchev–Trinajstić information content (AvgIpc) is 3.04. The van der Waals surface area contributed by atoms with Gasteiger partial charge in [-0.2, -0.15) is 14.6 Å². The van der Waals surface area contributed by atoms with Gasteiger partial charge in [-0.25, -0.2) is 0 Å². The van der Waals surface area contributed by atoms with E-state index >= 15 is 0 Å². The summed E-state index contributed by atoms with van der Waals surface area (Å²) in [7, 11) is 0. The SMILES string of the molecule is Cl.c1ccc(Cn2c3ccccc3n3ncnc23)cc1. The summed E-state index contributed by atoms with van der Waals surface area (Å²) in [6.07, 6.45) is 1.60. The van der Waals surface area contributed by atoms with E-state index in [1.54, 1.807) is 6.33 Å². The molecule has 0 aliphatic heterocycles. The smallest absolute Gasteiger partial charge is 0.233 e. The van der Waals surface area contributed by atoms with Gasteiger partial charge in [-0.3, -0.25) is 0 Å². The summed E-state index contributed by atoms with van der Waals surface area (Å²) in [5, 5.41) is 4.29. The predicted molar refractivity (Wildman–Crippen MR) is 81.3 cm³/mol. The topological polar surface area (TPSA) is 35.1 Å². The zero-order valence-corrected chi connectivity index (χ0v) is 11.5. The molecule has 0 unspecified atom stereocenters. The van der Waals surface area contributed by atoms with Crippen LogP contribution in [0.15, 0.2) is 60.9 Å². The Labute approximate surface area is 122 Å². The van der Waals surface area contributed by atoms with Crippen LogP contribution in [0.3, 0.4) is 0 Å². The Morgan fingerprint density at radius 3 is 2.35 bits per heavy atom. The van der Waals surface area contributed by atoms with Gasteiger partial charge >= 0.3 is 0 Å². The summed E-state index contributed by atoms with van der Waals surface area (Å²) in [4.78, 5) is 4.37. The number of fused-ring (bicyclic) bond motifs is 3. The minimum atomic E-state index is 0. The van der Waals surface area contributed by atoms with Gasteiger partial charge in [-0.15, -0.1) is 12.4 Å². The molecule has 2 aromatic heterocycles. The first-order chi connectivity index (χ1) is 9.43. The molecule has 0 bridgehead atoms. The number of rotatable bonds is 2. The second kappa shape index (κ2) is 4.98. The molecule has 5 heteroatoms. The maximum absolute atomic E-state index is 4.37. The van der Waals surface area contributed by atoms with Crippen LogP contribution in [0.4, 0.5) is 0 Å². The van der Waals surface area contributed by atoms with Gasteiger partial charge in [0, 0.05) is 0 Å². The highest BCUT2D eigenvalue weighted by Crippen LogP contribution is 2.19. The summed E-state index contributed by atoms with van der Waals surface area (Å²) in [5.41, 5.74) is 3.50. The molecule has 0 saturated heterocycles. The van der Waals surface area contributed by atoms with Crippen LogP contribution in [-0.4, -0.2) is 19.2 Å². The third-order valence-electron chi connectivity index (χ3n) is 3.36. The Balaban J connectivity index is 0.00000121. The number of nitrogens with zero attached hydrogens (tertiary/aromatic N) is 4. The first-order valence-corrected chi connectivity index (χ1v) is 6.24. The van der Waals surface area contributed by atoms with Crippen LogP contribution < -0.4 is 0 Å². The molecule has 4 aromatic rings. The van der Waals surface area contributed by atoms with Gasteiger partial charge in [0.25, 0.3) is 0 Å². The zero-order valence-electron chi connectivity index (χ0n) is 10.7. The Morgan fingerprint density at radius 1 is 0.850 bits per heavy atom. The number of para-hydroxylation sites is 2. The van der Waals surface area contributed by atoms with E-state index in [1.807, 2.05) is 22.7 Å². The van der Waals surface area contributed by atoms with Gasteiger partial charge < -0.3 is 4.57 Å². The fourth-order valence-electron chi connectivity index (χ4n) is 2.49. The monoisotopic (exact) mass is 284 g/mol. The van der Waals surface area contributed by atoms with Crippen molar-refractivity contribution in [1.29, 1.82) is 0 Å². The summed E-state index contributed by atoms with van der Waals surface area (Å²) >= 11 is 0. The summed E-state index contributed by atoms with van der Waals surface area (Å²) in [6, 6.07) is 18.6. The van der Waals surface area contributed by atoms with Crippen molar-refractivity contribution < 1.29 is 0 Å². The van der Waals surface area contributed by atoms with Gasteiger partial charge in [0.05, 0.1) is 17.6 Å². The minimum absolute atomic E-state index is 0. The van der Waals surface area contributed by atoms with Crippen molar-refractivity contribution in [2.24, 2.45) is 0 Å². The van der Waals surface area contributed by atoms with Crippen LogP contribution in [0.25, 0.3) is 16.8 Å². The van der Waals surface area contributed by atoms with E-state index in [0.717, 1.165) is 23.4 Å². The molecule has 0 amide bonds. The van der Waals surface area contributed by atoms with Crippen LogP contribution in [0.5, 0.6) is 0 Å². The van der Waals surface area contributed by atoms with Gasteiger partial charge in [0.15, 0.2) is 0 Å². The van der Waals surface area contributed by atoms with Gasteiger partial charge in [-0.1, -0.05) is 42.5 Å². The highest BCUT2D eigenvalue weighted by Gasteiger charge is 2.11. The third-order valence-corrected chi connectivity index (χ3v) is 3.36. The van der Waals surface area contributed by atoms with E-state index in [1.165, 1.54) is 5.56 Å². The number of hydrogen-bond donors (Lipinski definition) is 0. The molecule has 0 N–H and O–H groups in total. The van der Waals surface area contributed by atoms with Crippen LogP contribution >= 0.6 is 12.4 Å². The average molecular weight is 285 g/mol. The van der Waals surface area contributed by atoms with Gasteiger partial charge in [0.2, 0.25) is 5.78 Å². The van der Waals surface area contributed by atoms with E-state index in [0.29, 0.717) is 0 Å². The summed E-state index contributed by atoms with van der Waals surface area (Å²) in [5.74, 6) is 0.880. The number of hydrogen-bond acceptors (Lipinski definition) is 2. The fourth-order valence-corrected chi connectivity index (χ4v) is 2.49. The van der Waals surface area contributed by atoms with Crippen molar-refractivity contribution in [1.82, 2.24) is 19.2 Å². The maximum Gasteiger partial charge on any atom is 0.233 e. The normalized spacial score (nSPS) is 10.8.